The number of H-pyrrole nitrogens is 2. The normalized spacial score (nSPS) is 11.0. The Morgan fingerprint density at radius 3 is 2.32 bits per heavy atom. The molecule has 0 aromatic carbocycles. The first-order chi connectivity index (χ1) is 11.8. The van der Waals surface area contributed by atoms with Crippen LogP contribution in [0.1, 0.15) is 20.3 Å². The quantitative estimate of drug-likeness (QED) is 0.541. The molecule has 0 aliphatic heterocycles. The molecule has 0 spiro atoms. The molecule has 0 fully saturated rings. The summed E-state index contributed by atoms with van der Waals surface area (Å²) in [6.07, 6.45) is 0.349. The Labute approximate surface area is 141 Å². The van der Waals surface area contributed by atoms with Crippen molar-refractivity contribution in [3.8, 4) is 0 Å². The second-order valence-electron chi connectivity index (χ2n) is 5.49. The summed E-state index contributed by atoms with van der Waals surface area (Å²) in [7, 11) is 0. The molecule has 25 heavy (non-hydrogen) atoms. The van der Waals surface area contributed by atoms with Gasteiger partial charge in [-0.3, -0.25) is 28.9 Å². The molecule has 0 aliphatic rings. The van der Waals surface area contributed by atoms with Crippen molar-refractivity contribution in [2.45, 2.75) is 26.8 Å². The number of aromatic nitrogens is 4. The molecular formula is C14H19N5O6. The third-order valence-electron chi connectivity index (χ3n) is 3.46. The van der Waals surface area contributed by atoms with Crippen LogP contribution in [0, 0.1) is 5.92 Å². The van der Waals surface area contributed by atoms with Crippen molar-refractivity contribution in [3.63, 3.8) is 0 Å². The predicted octanol–water partition coefficient (Wildman–Crippen LogP) is -0.872. The summed E-state index contributed by atoms with van der Waals surface area (Å²) in [6, 6.07) is 0. The minimum Gasteiger partial charge on any atom is -0.465 e. The van der Waals surface area contributed by atoms with Gasteiger partial charge in [-0.05, 0) is 6.42 Å². The van der Waals surface area contributed by atoms with E-state index in [0.29, 0.717) is 6.42 Å². The van der Waals surface area contributed by atoms with Crippen LogP contribution in [0.3, 0.4) is 0 Å². The molecule has 0 aliphatic carbocycles. The maximum atomic E-state index is 12.0. The summed E-state index contributed by atoms with van der Waals surface area (Å²) in [5.41, 5.74) is 4.60. The van der Waals surface area contributed by atoms with Crippen molar-refractivity contribution >= 4 is 29.1 Å². The van der Waals surface area contributed by atoms with Gasteiger partial charge in [-0.15, -0.1) is 0 Å². The highest BCUT2D eigenvalue weighted by atomic mass is 16.5. The first-order valence-corrected chi connectivity index (χ1v) is 7.53. The van der Waals surface area contributed by atoms with Gasteiger partial charge in [0.1, 0.15) is 0 Å². The van der Waals surface area contributed by atoms with Gasteiger partial charge in [0.25, 0.3) is 5.56 Å². The van der Waals surface area contributed by atoms with Crippen LogP contribution in [0.25, 0.3) is 11.2 Å². The van der Waals surface area contributed by atoms with Crippen molar-refractivity contribution in [1.82, 2.24) is 19.5 Å². The number of nitrogens with two attached hydrogens (primary N) is 1. The molecule has 0 amide bonds. The molecule has 0 bridgehead atoms. The molecular weight excluding hydrogens is 334 g/mol. The van der Waals surface area contributed by atoms with E-state index in [-0.39, 0.29) is 42.8 Å². The maximum absolute atomic E-state index is 12.0. The molecule has 2 aromatic rings. The standard InChI is InChI=1S/C14H19N5O6/c1-7(20)24-5-9(6-25-8(2)21)3-4-19-11-10(16-14(19)23)12(22)18-13(15)17-11/h9H,3-6H2,1-2H3,(H,16,23)(H3,15,17,18,22). The Morgan fingerprint density at radius 1 is 1.16 bits per heavy atom. The molecule has 0 saturated carbocycles. The highest BCUT2D eigenvalue weighted by molar-refractivity contribution is 5.70. The number of carbonyl (C=O) groups excluding carboxylic acids is 2. The van der Waals surface area contributed by atoms with E-state index in [9.17, 15) is 19.2 Å². The molecule has 136 valence electrons. The van der Waals surface area contributed by atoms with Gasteiger partial charge in [0.05, 0.1) is 13.2 Å². The van der Waals surface area contributed by atoms with Crippen molar-refractivity contribution in [2.24, 2.45) is 5.92 Å². The Morgan fingerprint density at radius 2 is 1.76 bits per heavy atom. The van der Waals surface area contributed by atoms with Crippen LogP contribution in [0.15, 0.2) is 9.59 Å². The van der Waals surface area contributed by atoms with Gasteiger partial charge >= 0.3 is 17.6 Å². The van der Waals surface area contributed by atoms with Crippen LogP contribution in [0.4, 0.5) is 5.95 Å². The lowest BCUT2D eigenvalue weighted by Gasteiger charge is -2.16. The molecule has 2 aromatic heterocycles. The predicted molar refractivity (Wildman–Crippen MR) is 86.8 cm³/mol. The summed E-state index contributed by atoms with van der Waals surface area (Å²) >= 11 is 0. The number of carbonyl (C=O) groups is 2. The summed E-state index contributed by atoms with van der Waals surface area (Å²) in [4.78, 5) is 54.5. The van der Waals surface area contributed by atoms with Gasteiger partial charge in [-0.25, -0.2) is 4.79 Å². The van der Waals surface area contributed by atoms with E-state index in [2.05, 4.69) is 15.0 Å². The van der Waals surface area contributed by atoms with Gasteiger partial charge in [0.15, 0.2) is 11.2 Å². The topological polar surface area (TPSA) is 162 Å². The Balaban J connectivity index is 2.18. The van der Waals surface area contributed by atoms with E-state index in [0.717, 1.165) is 0 Å². The van der Waals surface area contributed by atoms with Crippen LogP contribution in [-0.4, -0.2) is 44.7 Å². The Kier molecular flexibility index (Phi) is 5.57. The largest absolute Gasteiger partial charge is 0.465 e. The van der Waals surface area contributed by atoms with E-state index < -0.39 is 23.2 Å². The summed E-state index contributed by atoms with van der Waals surface area (Å²) < 4.78 is 11.2. The van der Waals surface area contributed by atoms with Gasteiger partial charge in [-0.2, -0.15) is 4.98 Å². The number of ether oxygens (including phenoxy) is 2. The number of nitrogen functional groups attached to an aromatic ring is 1. The molecule has 2 rings (SSSR count). The van der Waals surface area contributed by atoms with Gasteiger partial charge in [-0.1, -0.05) is 0 Å². The second-order valence-corrected chi connectivity index (χ2v) is 5.49. The van der Waals surface area contributed by atoms with Crippen molar-refractivity contribution < 1.29 is 19.1 Å². The zero-order chi connectivity index (χ0) is 18.6. The number of aromatic amines is 2. The minimum absolute atomic E-state index is 0.0238. The van der Waals surface area contributed by atoms with Crippen LogP contribution in [0.5, 0.6) is 0 Å². The maximum Gasteiger partial charge on any atom is 0.327 e. The molecule has 0 saturated heterocycles. The number of fused-ring (bicyclic) bond motifs is 1. The lowest BCUT2D eigenvalue weighted by atomic mass is 10.1. The highest BCUT2D eigenvalue weighted by Gasteiger charge is 2.17. The van der Waals surface area contributed by atoms with Gasteiger partial charge in [0, 0.05) is 26.3 Å². The third-order valence-corrected chi connectivity index (χ3v) is 3.46. The second kappa shape index (κ2) is 7.64. The molecule has 2 heterocycles. The Bertz CT molecular complexity index is 877. The van der Waals surface area contributed by atoms with E-state index in [1.165, 1.54) is 18.4 Å². The number of esters is 2. The van der Waals surface area contributed by atoms with E-state index in [1.807, 2.05) is 0 Å². The van der Waals surface area contributed by atoms with Crippen molar-refractivity contribution in [3.05, 3.63) is 20.8 Å². The molecule has 0 atom stereocenters. The number of nitrogens with zero attached hydrogens (tertiary/aromatic N) is 2. The average molecular weight is 353 g/mol. The van der Waals surface area contributed by atoms with E-state index in [1.54, 1.807) is 0 Å². The first-order valence-electron chi connectivity index (χ1n) is 7.53. The molecule has 11 nitrogen and oxygen atoms in total. The summed E-state index contributed by atoms with van der Waals surface area (Å²) in [5, 5.41) is 0. The molecule has 11 heteroatoms. The van der Waals surface area contributed by atoms with Gasteiger partial charge in [0.2, 0.25) is 5.95 Å². The molecule has 4 N–H and O–H groups in total. The fourth-order valence-corrected chi connectivity index (χ4v) is 2.26. The first kappa shape index (κ1) is 18.2. The number of hydrogen-bond acceptors (Lipinski definition) is 8. The van der Waals surface area contributed by atoms with Crippen molar-refractivity contribution in [1.29, 1.82) is 0 Å². The van der Waals surface area contributed by atoms with Crippen LogP contribution in [-0.2, 0) is 25.6 Å². The fraction of sp³-hybridized carbons (Fsp3) is 0.500. The number of aryl methyl sites for hydroxylation is 1. The minimum atomic E-state index is -0.547. The monoisotopic (exact) mass is 353 g/mol. The lowest BCUT2D eigenvalue weighted by Crippen LogP contribution is -2.24. The average Bonchev–Trinajstić information content (AvgIpc) is 2.82. The summed E-state index contributed by atoms with van der Waals surface area (Å²) in [6.45, 7) is 2.78. The Hall–Kier alpha value is -3.11. The van der Waals surface area contributed by atoms with E-state index in [4.69, 9.17) is 15.2 Å². The number of anilines is 1. The third kappa shape index (κ3) is 4.68. The fourth-order valence-electron chi connectivity index (χ4n) is 2.26. The smallest absolute Gasteiger partial charge is 0.327 e. The highest BCUT2D eigenvalue weighted by Crippen LogP contribution is 2.10. The molecule has 0 radical (unpaired) electrons. The van der Waals surface area contributed by atoms with Crippen LogP contribution in [0.2, 0.25) is 0 Å². The van der Waals surface area contributed by atoms with Gasteiger partial charge < -0.3 is 15.2 Å². The number of imidazole rings is 1. The summed E-state index contributed by atoms with van der Waals surface area (Å²) in [5.74, 6) is -1.35. The van der Waals surface area contributed by atoms with Crippen LogP contribution >= 0.6 is 0 Å². The van der Waals surface area contributed by atoms with E-state index >= 15 is 0 Å². The van der Waals surface area contributed by atoms with Crippen molar-refractivity contribution in [2.75, 3.05) is 18.9 Å². The zero-order valence-electron chi connectivity index (χ0n) is 13.8. The lowest BCUT2D eigenvalue weighted by molar-refractivity contribution is -0.146. The SMILES string of the molecule is CC(=O)OCC(CCn1c(=O)[nH]c2c(=O)[nH]c(N)nc21)COC(C)=O. The number of nitrogens with one attached hydrogen (secondary N) is 2. The number of hydrogen-bond donors (Lipinski definition) is 3. The van der Waals surface area contributed by atoms with Crippen LogP contribution < -0.4 is 17.0 Å². The number of rotatable bonds is 7. The molecule has 0 unspecified atom stereocenters. The zero-order valence-corrected chi connectivity index (χ0v) is 13.8.